The van der Waals surface area contributed by atoms with E-state index in [1.54, 1.807) is 19.1 Å². The zero-order chi connectivity index (χ0) is 17.0. The van der Waals surface area contributed by atoms with Gasteiger partial charge in [0.05, 0.1) is 12.7 Å². The second kappa shape index (κ2) is 7.27. The minimum Gasteiger partial charge on any atom is -0.488 e. The molecule has 3 nitrogen and oxygen atoms in total. The van der Waals surface area contributed by atoms with Crippen molar-refractivity contribution >= 4 is 5.97 Å². The standard InChI is InChI=1S/C19H21FO3/c1-5-14-7-6-8-15(19(21)22-4)16(14)11-23-18-10-17(20)12(2)9-13(18)3/h6-10H,5,11H2,1-4H3. The van der Waals surface area contributed by atoms with Crippen LogP contribution in [0.25, 0.3) is 0 Å². The minimum atomic E-state index is -0.397. The second-order valence-electron chi connectivity index (χ2n) is 5.44. The van der Waals surface area contributed by atoms with E-state index in [2.05, 4.69) is 0 Å². The van der Waals surface area contributed by atoms with Crippen LogP contribution in [0.3, 0.4) is 0 Å². The molecule has 2 rings (SSSR count). The van der Waals surface area contributed by atoms with Gasteiger partial charge in [-0.1, -0.05) is 19.1 Å². The van der Waals surface area contributed by atoms with E-state index in [1.165, 1.54) is 13.2 Å². The summed E-state index contributed by atoms with van der Waals surface area (Å²) in [5.74, 6) is -0.219. The minimum absolute atomic E-state index is 0.192. The SMILES string of the molecule is CCc1cccc(C(=O)OC)c1COc1cc(F)c(C)cc1C. The number of carbonyl (C=O) groups is 1. The zero-order valence-electron chi connectivity index (χ0n) is 13.9. The summed E-state index contributed by atoms with van der Waals surface area (Å²) in [6, 6.07) is 8.63. The Kier molecular flexibility index (Phi) is 5.37. The summed E-state index contributed by atoms with van der Waals surface area (Å²) in [5, 5.41) is 0. The van der Waals surface area contributed by atoms with Gasteiger partial charge in [0.1, 0.15) is 18.2 Å². The average Bonchev–Trinajstić information content (AvgIpc) is 2.55. The molecule has 0 aliphatic heterocycles. The predicted octanol–water partition coefficient (Wildman–Crippen LogP) is 4.37. The highest BCUT2D eigenvalue weighted by Crippen LogP contribution is 2.25. The van der Waals surface area contributed by atoms with Crippen molar-refractivity contribution in [2.75, 3.05) is 7.11 Å². The fourth-order valence-corrected chi connectivity index (χ4v) is 2.55. The van der Waals surface area contributed by atoms with Gasteiger partial charge >= 0.3 is 5.97 Å². The molecule has 23 heavy (non-hydrogen) atoms. The molecule has 0 amide bonds. The van der Waals surface area contributed by atoms with Crippen LogP contribution in [0.2, 0.25) is 0 Å². The molecule has 0 spiro atoms. The summed E-state index contributed by atoms with van der Waals surface area (Å²) in [5.41, 5.74) is 3.72. The maximum Gasteiger partial charge on any atom is 0.338 e. The third-order valence-corrected chi connectivity index (χ3v) is 3.89. The van der Waals surface area contributed by atoms with E-state index >= 15 is 0 Å². The van der Waals surface area contributed by atoms with Gasteiger partial charge < -0.3 is 9.47 Å². The molecule has 2 aromatic rings. The van der Waals surface area contributed by atoms with Gasteiger partial charge in [0, 0.05) is 11.6 Å². The fourth-order valence-electron chi connectivity index (χ4n) is 2.55. The van der Waals surface area contributed by atoms with Gasteiger partial charge in [0.2, 0.25) is 0 Å². The number of rotatable bonds is 5. The van der Waals surface area contributed by atoms with Crippen LogP contribution < -0.4 is 4.74 Å². The van der Waals surface area contributed by atoms with Gasteiger partial charge in [-0.15, -0.1) is 0 Å². The summed E-state index contributed by atoms with van der Waals surface area (Å²) < 4.78 is 24.4. The van der Waals surface area contributed by atoms with Crippen molar-refractivity contribution in [1.29, 1.82) is 0 Å². The van der Waals surface area contributed by atoms with Crippen LogP contribution in [0.5, 0.6) is 5.75 Å². The van der Waals surface area contributed by atoms with Crippen molar-refractivity contribution in [3.63, 3.8) is 0 Å². The number of aryl methyl sites for hydroxylation is 3. The second-order valence-corrected chi connectivity index (χ2v) is 5.44. The largest absolute Gasteiger partial charge is 0.488 e. The fraction of sp³-hybridized carbons (Fsp3) is 0.316. The Morgan fingerprint density at radius 2 is 1.91 bits per heavy atom. The maximum absolute atomic E-state index is 13.7. The molecular weight excluding hydrogens is 295 g/mol. The molecule has 0 saturated carbocycles. The number of benzene rings is 2. The molecule has 0 N–H and O–H groups in total. The van der Waals surface area contributed by atoms with Crippen LogP contribution in [-0.4, -0.2) is 13.1 Å². The van der Waals surface area contributed by atoms with E-state index in [-0.39, 0.29) is 12.4 Å². The van der Waals surface area contributed by atoms with Crippen molar-refractivity contribution in [2.45, 2.75) is 33.8 Å². The molecule has 0 aliphatic carbocycles. The molecule has 0 aliphatic rings. The van der Waals surface area contributed by atoms with Crippen molar-refractivity contribution < 1.29 is 18.7 Å². The van der Waals surface area contributed by atoms with Gasteiger partial charge in [-0.2, -0.15) is 0 Å². The summed E-state index contributed by atoms with van der Waals surface area (Å²) >= 11 is 0. The van der Waals surface area contributed by atoms with Crippen LogP contribution in [0, 0.1) is 19.7 Å². The zero-order valence-corrected chi connectivity index (χ0v) is 13.9. The summed E-state index contributed by atoms with van der Waals surface area (Å²) in [6.07, 6.45) is 0.769. The quantitative estimate of drug-likeness (QED) is 0.768. The smallest absolute Gasteiger partial charge is 0.338 e. The molecule has 0 heterocycles. The Balaban J connectivity index is 2.33. The van der Waals surface area contributed by atoms with Crippen LogP contribution >= 0.6 is 0 Å². The van der Waals surface area contributed by atoms with Crippen LogP contribution in [-0.2, 0) is 17.8 Å². The highest BCUT2D eigenvalue weighted by atomic mass is 19.1. The molecule has 0 fully saturated rings. The third-order valence-electron chi connectivity index (χ3n) is 3.89. The number of hydrogen-bond acceptors (Lipinski definition) is 3. The van der Waals surface area contributed by atoms with Crippen LogP contribution in [0.15, 0.2) is 30.3 Å². The van der Waals surface area contributed by atoms with Crippen molar-refractivity contribution in [3.8, 4) is 5.75 Å². The highest BCUT2D eigenvalue weighted by Gasteiger charge is 2.16. The molecule has 0 bridgehead atoms. The van der Waals surface area contributed by atoms with E-state index in [9.17, 15) is 9.18 Å². The lowest BCUT2D eigenvalue weighted by Gasteiger charge is -2.15. The Morgan fingerprint density at radius 3 is 2.57 bits per heavy atom. The van der Waals surface area contributed by atoms with Gasteiger partial charge in [-0.3, -0.25) is 0 Å². The summed E-state index contributed by atoms with van der Waals surface area (Å²) in [4.78, 5) is 11.9. The maximum atomic E-state index is 13.7. The third kappa shape index (κ3) is 3.70. The number of methoxy groups -OCH3 is 1. The topological polar surface area (TPSA) is 35.5 Å². The Hall–Kier alpha value is -2.36. The number of halogens is 1. The first kappa shape index (κ1) is 17.0. The van der Waals surface area contributed by atoms with Gasteiger partial charge in [0.25, 0.3) is 0 Å². The molecule has 0 saturated heterocycles. The molecule has 0 radical (unpaired) electrons. The average molecular weight is 316 g/mol. The van der Waals surface area contributed by atoms with E-state index in [0.29, 0.717) is 16.9 Å². The molecule has 4 heteroatoms. The van der Waals surface area contributed by atoms with E-state index < -0.39 is 5.97 Å². The Bertz CT molecular complexity index is 723. The number of carbonyl (C=O) groups excluding carboxylic acids is 1. The molecule has 0 aromatic heterocycles. The molecule has 0 atom stereocenters. The van der Waals surface area contributed by atoms with Crippen LogP contribution in [0.4, 0.5) is 4.39 Å². The van der Waals surface area contributed by atoms with Gasteiger partial charge in [0.15, 0.2) is 0 Å². The van der Waals surface area contributed by atoms with Crippen molar-refractivity contribution in [3.05, 3.63) is 64.0 Å². The highest BCUT2D eigenvalue weighted by molar-refractivity contribution is 5.91. The van der Waals surface area contributed by atoms with Gasteiger partial charge in [-0.25, -0.2) is 9.18 Å². The summed E-state index contributed by atoms with van der Waals surface area (Å²) in [6.45, 7) is 5.79. The lowest BCUT2D eigenvalue weighted by molar-refractivity contribution is 0.0597. The number of ether oxygens (including phenoxy) is 2. The van der Waals surface area contributed by atoms with Crippen molar-refractivity contribution in [1.82, 2.24) is 0 Å². The monoisotopic (exact) mass is 316 g/mol. The molecule has 0 unspecified atom stereocenters. The number of esters is 1. The Morgan fingerprint density at radius 1 is 1.17 bits per heavy atom. The lowest BCUT2D eigenvalue weighted by Crippen LogP contribution is -2.11. The van der Waals surface area contributed by atoms with Gasteiger partial charge in [-0.05, 0) is 49.1 Å². The molecule has 2 aromatic carbocycles. The first-order valence-electron chi connectivity index (χ1n) is 7.56. The predicted molar refractivity (Wildman–Crippen MR) is 87.4 cm³/mol. The molecule has 122 valence electrons. The first-order valence-corrected chi connectivity index (χ1v) is 7.56. The van der Waals surface area contributed by atoms with E-state index in [0.717, 1.165) is 23.1 Å². The van der Waals surface area contributed by atoms with E-state index in [1.807, 2.05) is 26.0 Å². The number of hydrogen-bond donors (Lipinski definition) is 0. The van der Waals surface area contributed by atoms with Crippen molar-refractivity contribution in [2.24, 2.45) is 0 Å². The first-order chi connectivity index (χ1) is 11.0. The normalized spacial score (nSPS) is 10.5. The Labute approximate surface area is 136 Å². The molecular formula is C19H21FO3. The van der Waals surface area contributed by atoms with E-state index in [4.69, 9.17) is 9.47 Å². The van der Waals surface area contributed by atoms with Crippen LogP contribution in [0.1, 0.15) is 39.5 Å². The lowest BCUT2D eigenvalue weighted by atomic mass is 9.99. The summed E-state index contributed by atoms with van der Waals surface area (Å²) in [7, 11) is 1.35.